The normalized spacial score (nSPS) is 23.0. The van der Waals surface area contributed by atoms with Crippen LogP contribution in [0.1, 0.15) is 25.0 Å². The lowest BCUT2D eigenvalue weighted by Gasteiger charge is -2.55. The molecule has 2 aromatic carbocycles. The van der Waals surface area contributed by atoms with Crippen LogP contribution in [0, 0.1) is 5.82 Å². The minimum absolute atomic E-state index is 0.164. The van der Waals surface area contributed by atoms with Gasteiger partial charge in [0.25, 0.3) is 0 Å². The van der Waals surface area contributed by atoms with E-state index in [2.05, 4.69) is 40.7 Å². The second-order valence-corrected chi connectivity index (χ2v) is 9.04. The molecular weight excluding hydrogens is 365 g/mol. The molecule has 2 aromatic rings. The van der Waals surface area contributed by atoms with Gasteiger partial charge in [-0.3, -0.25) is 14.7 Å². The summed E-state index contributed by atoms with van der Waals surface area (Å²) in [6, 6.07) is 15.9. The summed E-state index contributed by atoms with van der Waals surface area (Å²) < 4.78 is 18.5. The van der Waals surface area contributed by atoms with Gasteiger partial charge in [-0.1, -0.05) is 24.3 Å². The van der Waals surface area contributed by atoms with E-state index in [1.54, 1.807) is 19.2 Å². The third-order valence-corrected chi connectivity index (χ3v) is 6.31. The van der Waals surface area contributed by atoms with E-state index >= 15 is 0 Å². The summed E-state index contributed by atoms with van der Waals surface area (Å²) in [7, 11) is 1.71. The number of halogens is 1. The molecule has 0 N–H and O–H groups in total. The zero-order chi connectivity index (χ0) is 20.4. The summed E-state index contributed by atoms with van der Waals surface area (Å²) in [6.45, 7) is 12.0. The van der Waals surface area contributed by atoms with Crippen molar-refractivity contribution in [3.63, 3.8) is 0 Å². The Morgan fingerprint density at radius 1 is 0.897 bits per heavy atom. The molecule has 2 aliphatic rings. The van der Waals surface area contributed by atoms with Gasteiger partial charge in [0.1, 0.15) is 11.6 Å². The van der Waals surface area contributed by atoms with Crippen LogP contribution in [0.4, 0.5) is 4.39 Å². The molecule has 2 saturated heterocycles. The molecule has 29 heavy (non-hydrogen) atoms. The largest absolute Gasteiger partial charge is 0.497 e. The SMILES string of the molecule is COc1ccc(CN2C[C@@H]3CN(Cc4ccc(F)cc4)CCN3C(C)(C)C2)cc1. The number of hydrogen-bond donors (Lipinski definition) is 0. The molecule has 0 radical (unpaired) electrons. The fourth-order valence-corrected chi connectivity index (χ4v) is 4.97. The Morgan fingerprint density at radius 2 is 1.48 bits per heavy atom. The molecule has 0 amide bonds. The van der Waals surface area contributed by atoms with Crippen LogP contribution in [0.2, 0.25) is 0 Å². The number of hydrogen-bond acceptors (Lipinski definition) is 4. The Kier molecular flexibility index (Phi) is 5.91. The standard InChI is InChI=1S/C24H32FN3O/c1-24(2)18-27(15-20-6-10-23(29-3)11-7-20)17-22-16-26(12-13-28(22)24)14-19-4-8-21(25)9-5-19/h4-11,22H,12-18H2,1-3H3/t22-/m0/s1. The highest BCUT2D eigenvalue weighted by molar-refractivity contribution is 5.27. The van der Waals surface area contributed by atoms with Crippen molar-refractivity contribution >= 4 is 0 Å². The van der Waals surface area contributed by atoms with Gasteiger partial charge < -0.3 is 4.74 Å². The molecule has 0 unspecified atom stereocenters. The Morgan fingerprint density at radius 3 is 2.14 bits per heavy atom. The molecule has 2 aliphatic heterocycles. The minimum atomic E-state index is -0.165. The van der Waals surface area contributed by atoms with E-state index in [1.165, 1.54) is 11.1 Å². The topological polar surface area (TPSA) is 19.0 Å². The highest BCUT2D eigenvalue weighted by Gasteiger charge is 2.42. The average molecular weight is 398 g/mol. The van der Waals surface area contributed by atoms with E-state index in [0.717, 1.165) is 51.6 Å². The van der Waals surface area contributed by atoms with E-state index < -0.39 is 0 Å². The van der Waals surface area contributed by atoms with Crippen molar-refractivity contribution < 1.29 is 9.13 Å². The quantitative estimate of drug-likeness (QED) is 0.767. The highest BCUT2D eigenvalue weighted by Crippen LogP contribution is 2.29. The Bertz CT molecular complexity index is 806. The first-order chi connectivity index (χ1) is 13.9. The van der Waals surface area contributed by atoms with Gasteiger partial charge >= 0.3 is 0 Å². The molecule has 4 nitrogen and oxygen atoms in total. The van der Waals surface area contributed by atoms with Crippen LogP contribution in [-0.4, -0.2) is 66.1 Å². The summed E-state index contributed by atoms with van der Waals surface area (Å²) in [5, 5.41) is 0. The van der Waals surface area contributed by atoms with E-state index in [0.29, 0.717) is 6.04 Å². The van der Waals surface area contributed by atoms with Crippen molar-refractivity contribution in [1.82, 2.24) is 14.7 Å². The van der Waals surface area contributed by atoms with Gasteiger partial charge in [0.05, 0.1) is 7.11 Å². The molecule has 0 saturated carbocycles. The Balaban J connectivity index is 1.41. The van der Waals surface area contributed by atoms with Gasteiger partial charge in [-0.2, -0.15) is 0 Å². The number of rotatable bonds is 5. The lowest BCUT2D eigenvalue weighted by molar-refractivity contribution is -0.0684. The summed E-state index contributed by atoms with van der Waals surface area (Å²) in [5.74, 6) is 0.740. The van der Waals surface area contributed by atoms with Gasteiger partial charge in [-0.25, -0.2) is 4.39 Å². The van der Waals surface area contributed by atoms with Crippen LogP contribution in [0.3, 0.4) is 0 Å². The Hall–Kier alpha value is -1.95. The maximum absolute atomic E-state index is 13.2. The number of nitrogens with zero attached hydrogens (tertiary/aromatic N) is 3. The molecule has 5 heteroatoms. The third kappa shape index (κ3) is 4.80. The predicted molar refractivity (Wildman–Crippen MR) is 115 cm³/mol. The second-order valence-electron chi connectivity index (χ2n) is 9.04. The summed E-state index contributed by atoms with van der Waals surface area (Å²) in [5.41, 5.74) is 2.68. The first-order valence-electron chi connectivity index (χ1n) is 10.5. The Labute approximate surface area is 173 Å². The number of methoxy groups -OCH3 is 1. The van der Waals surface area contributed by atoms with Gasteiger partial charge in [0.2, 0.25) is 0 Å². The highest BCUT2D eigenvalue weighted by atomic mass is 19.1. The van der Waals surface area contributed by atoms with E-state index in [9.17, 15) is 4.39 Å². The molecular formula is C24H32FN3O. The van der Waals surface area contributed by atoms with E-state index in [4.69, 9.17) is 4.74 Å². The third-order valence-electron chi connectivity index (χ3n) is 6.31. The van der Waals surface area contributed by atoms with Gasteiger partial charge in [-0.05, 0) is 49.2 Å². The second kappa shape index (κ2) is 8.42. The van der Waals surface area contributed by atoms with Crippen molar-refractivity contribution in [2.75, 3.05) is 39.8 Å². The summed E-state index contributed by atoms with van der Waals surface area (Å²) >= 11 is 0. The number of piperazine rings is 2. The van der Waals surface area contributed by atoms with Crippen LogP contribution in [0.25, 0.3) is 0 Å². The maximum atomic E-state index is 13.2. The zero-order valence-electron chi connectivity index (χ0n) is 17.8. The number of benzene rings is 2. The maximum Gasteiger partial charge on any atom is 0.123 e. The molecule has 2 heterocycles. The van der Waals surface area contributed by atoms with E-state index in [-0.39, 0.29) is 11.4 Å². The summed E-state index contributed by atoms with van der Waals surface area (Å²) in [6.07, 6.45) is 0. The predicted octanol–water partition coefficient (Wildman–Crippen LogP) is 3.61. The van der Waals surface area contributed by atoms with Gasteiger partial charge in [-0.15, -0.1) is 0 Å². The van der Waals surface area contributed by atoms with Crippen LogP contribution in [0.15, 0.2) is 48.5 Å². The summed E-state index contributed by atoms with van der Waals surface area (Å²) in [4.78, 5) is 7.80. The molecule has 156 valence electrons. The minimum Gasteiger partial charge on any atom is -0.497 e. The lowest BCUT2D eigenvalue weighted by Crippen LogP contribution is -2.69. The molecule has 2 fully saturated rings. The molecule has 0 aromatic heterocycles. The smallest absolute Gasteiger partial charge is 0.123 e. The van der Waals surface area contributed by atoms with Gasteiger partial charge in [0, 0.05) is 57.4 Å². The monoisotopic (exact) mass is 397 g/mol. The van der Waals surface area contributed by atoms with Crippen LogP contribution in [0.5, 0.6) is 5.75 Å². The first-order valence-corrected chi connectivity index (χ1v) is 10.5. The van der Waals surface area contributed by atoms with Crippen LogP contribution in [-0.2, 0) is 13.1 Å². The molecule has 0 bridgehead atoms. The molecule has 1 atom stereocenters. The van der Waals surface area contributed by atoms with Crippen molar-refractivity contribution in [2.24, 2.45) is 0 Å². The van der Waals surface area contributed by atoms with Crippen LogP contribution >= 0.6 is 0 Å². The van der Waals surface area contributed by atoms with Crippen molar-refractivity contribution in [1.29, 1.82) is 0 Å². The molecule has 0 aliphatic carbocycles. The number of ether oxygens (including phenoxy) is 1. The van der Waals surface area contributed by atoms with Crippen molar-refractivity contribution in [3.8, 4) is 5.75 Å². The fraction of sp³-hybridized carbons (Fsp3) is 0.500. The lowest BCUT2D eigenvalue weighted by atomic mass is 9.92. The average Bonchev–Trinajstić information content (AvgIpc) is 2.69. The molecule has 0 spiro atoms. The first kappa shape index (κ1) is 20.3. The fourth-order valence-electron chi connectivity index (χ4n) is 4.97. The van der Waals surface area contributed by atoms with E-state index in [1.807, 2.05) is 24.3 Å². The molecule has 4 rings (SSSR count). The van der Waals surface area contributed by atoms with Crippen LogP contribution < -0.4 is 4.74 Å². The van der Waals surface area contributed by atoms with Crippen molar-refractivity contribution in [2.45, 2.75) is 38.5 Å². The number of fused-ring (bicyclic) bond motifs is 1. The van der Waals surface area contributed by atoms with Gasteiger partial charge in [0.15, 0.2) is 0 Å². The van der Waals surface area contributed by atoms with Crippen molar-refractivity contribution in [3.05, 3.63) is 65.5 Å². The zero-order valence-corrected chi connectivity index (χ0v) is 17.8.